The van der Waals surface area contributed by atoms with Gasteiger partial charge in [-0.2, -0.15) is 5.26 Å². The van der Waals surface area contributed by atoms with Crippen molar-refractivity contribution in [3.05, 3.63) is 0 Å². The minimum atomic E-state index is -0.836. The zero-order chi connectivity index (χ0) is 9.11. The van der Waals surface area contributed by atoms with Gasteiger partial charge in [-0.1, -0.05) is 0 Å². The van der Waals surface area contributed by atoms with E-state index in [1.807, 2.05) is 6.07 Å². The molecular weight excluding hydrogens is 146 g/mol. The van der Waals surface area contributed by atoms with E-state index in [2.05, 4.69) is 0 Å². The van der Waals surface area contributed by atoms with E-state index in [9.17, 15) is 4.79 Å². The number of carboxylic acid groups (broad SMARTS) is 1. The second-order valence-corrected chi connectivity index (χ2v) is 1.63. The van der Waals surface area contributed by atoms with Crippen molar-refractivity contribution < 1.29 is 9.90 Å². The van der Waals surface area contributed by atoms with Crippen LogP contribution in [0, 0.1) is 11.3 Å². The van der Waals surface area contributed by atoms with Crippen molar-refractivity contribution in [2.75, 3.05) is 13.1 Å². The second kappa shape index (κ2) is 11.6. The Bertz CT molecular complexity index is 130. The number of rotatable bonds is 3. The Kier molecular flexibility index (Phi) is 13.3. The van der Waals surface area contributed by atoms with Gasteiger partial charge in [-0.05, 0) is 0 Å². The number of carboxylic acids is 1. The van der Waals surface area contributed by atoms with Gasteiger partial charge in [0.15, 0.2) is 0 Å². The highest BCUT2D eigenvalue weighted by Crippen LogP contribution is 1.67. The molecule has 0 aliphatic heterocycles. The first-order valence-corrected chi connectivity index (χ1v) is 3.17. The largest absolute Gasteiger partial charge is 0.481 e. The van der Waals surface area contributed by atoms with Crippen LogP contribution in [0.5, 0.6) is 0 Å². The quantitative estimate of drug-likeness (QED) is 0.502. The molecular formula is C6H13N3O2. The molecule has 0 aromatic heterocycles. The van der Waals surface area contributed by atoms with Gasteiger partial charge in [0.2, 0.25) is 0 Å². The third-order valence-electron chi connectivity index (χ3n) is 0.614. The molecule has 0 aromatic rings. The van der Waals surface area contributed by atoms with Crippen molar-refractivity contribution in [2.24, 2.45) is 11.5 Å². The topological polar surface area (TPSA) is 113 Å². The highest BCUT2D eigenvalue weighted by Gasteiger charge is 1.87. The summed E-state index contributed by atoms with van der Waals surface area (Å²) >= 11 is 0. The molecule has 5 N–H and O–H groups in total. The molecule has 0 unspecified atom stereocenters. The SMILES string of the molecule is N#CCCN.NCCC(=O)O. The van der Waals surface area contributed by atoms with E-state index < -0.39 is 5.97 Å². The lowest BCUT2D eigenvalue weighted by Gasteiger charge is -1.80. The summed E-state index contributed by atoms with van der Waals surface area (Å²) in [4.78, 5) is 9.52. The van der Waals surface area contributed by atoms with E-state index >= 15 is 0 Å². The van der Waals surface area contributed by atoms with E-state index in [0.717, 1.165) is 0 Å². The van der Waals surface area contributed by atoms with Crippen molar-refractivity contribution in [1.29, 1.82) is 5.26 Å². The minimum Gasteiger partial charge on any atom is -0.481 e. The van der Waals surface area contributed by atoms with Crippen molar-refractivity contribution in [1.82, 2.24) is 0 Å². The van der Waals surface area contributed by atoms with Crippen molar-refractivity contribution >= 4 is 5.97 Å². The van der Waals surface area contributed by atoms with Crippen LogP contribution in [0.1, 0.15) is 12.8 Å². The predicted octanol–water partition coefficient (Wildman–Crippen LogP) is -0.721. The summed E-state index contributed by atoms with van der Waals surface area (Å²) in [5, 5.41) is 15.6. The summed E-state index contributed by atoms with van der Waals surface area (Å²) in [5.41, 5.74) is 9.77. The van der Waals surface area contributed by atoms with Crippen LogP contribution in [0.25, 0.3) is 0 Å². The number of nitrogens with zero attached hydrogens (tertiary/aromatic N) is 1. The number of carbonyl (C=O) groups is 1. The summed E-state index contributed by atoms with van der Waals surface area (Å²) < 4.78 is 0. The maximum atomic E-state index is 9.52. The molecule has 0 bridgehead atoms. The van der Waals surface area contributed by atoms with Gasteiger partial charge in [0.25, 0.3) is 0 Å². The van der Waals surface area contributed by atoms with Gasteiger partial charge in [-0.15, -0.1) is 0 Å². The smallest absolute Gasteiger partial charge is 0.304 e. The molecule has 0 spiro atoms. The van der Waals surface area contributed by atoms with E-state index in [0.29, 0.717) is 13.0 Å². The van der Waals surface area contributed by atoms with Gasteiger partial charge >= 0.3 is 5.97 Å². The van der Waals surface area contributed by atoms with Gasteiger partial charge in [0.1, 0.15) is 0 Å². The summed E-state index contributed by atoms with van der Waals surface area (Å²) in [6, 6.07) is 1.89. The van der Waals surface area contributed by atoms with Gasteiger partial charge < -0.3 is 16.6 Å². The fourth-order valence-corrected chi connectivity index (χ4v) is 0.188. The maximum absolute atomic E-state index is 9.52. The van der Waals surface area contributed by atoms with Crippen molar-refractivity contribution in [3.8, 4) is 6.07 Å². The Hall–Kier alpha value is -1.12. The molecule has 0 saturated heterocycles. The van der Waals surface area contributed by atoms with Crippen LogP contribution >= 0.6 is 0 Å². The Balaban J connectivity index is 0. The van der Waals surface area contributed by atoms with Gasteiger partial charge in [-0.25, -0.2) is 0 Å². The normalized spacial score (nSPS) is 7.36. The Labute approximate surface area is 65.6 Å². The van der Waals surface area contributed by atoms with Crippen LogP contribution in [0.4, 0.5) is 0 Å². The molecule has 5 nitrogen and oxygen atoms in total. The standard InChI is InChI=1S/C3H6N2.C3H7NO2/c4-2-1-3-5;4-2-1-3(5)6/h1-2,4H2;1-2,4H2,(H,5,6). The van der Waals surface area contributed by atoms with Crippen LogP contribution in [0.15, 0.2) is 0 Å². The van der Waals surface area contributed by atoms with Crippen LogP contribution in [0.3, 0.4) is 0 Å². The summed E-state index contributed by atoms with van der Waals surface area (Å²) in [7, 11) is 0. The Morgan fingerprint density at radius 2 is 2.00 bits per heavy atom. The molecule has 0 saturated carbocycles. The molecule has 11 heavy (non-hydrogen) atoms. The molecule has 0 amide bonds. The molecule has 0 rings (SSSR count). The van der Waals surface area contributed by atoms with E-state index in [1.165, 1.54) is 0 Å². The Morgan fingerprint density at radius 3 is 2.00 bits per heavy atom. The summed E-state index contributed by atoms with van der Waals surface area (Å²) in [5.74, 6) is -0.836. The monoisotopic (exact) mass is 159 g/mol. The lowest BCUT2D eigenvalue weighted by atomic mass is 10.5. The van der Waals surface area contributed by atoms with Gasteiger partial charge in [-0.3, -0.25) is 4.79 Å². The van der Waals surface area contributed by atoms with Gasteiger partial charge in [0.05, 0.1) is 12.5 Å². The molecule has 0 atom stereocenters. The summed E-state index contributed by atoms with van der Waals surface area (Å²) in [6.07, 6.45) is 0.542. The molecule has 0 aliphatic carbocycles. The minimum absolute atomic E-state index is 0.0694. The average Bonchev–Trinajstić information content (AvgIpc) is 1.90. The third kappa shape index (κ3) is 27.9. The molecule has 0 aliphatic rings. The molecule has 64 valence electrons. The van der Waals surface area contributed by atoms with E-state index in [1.54, 1.807) is 0 Å². The van der Waals surface area contributed by atoms with Crippen LogP contribution in [0.2, 0.25) is 0 Å². The molecule has 0 radical (unpaired) electrons. The van der Waals surface area contributed by atoms with Crippen LogP contribution < -0.4 is 11.5 Å². The van der Waals surface area contributed by atoms with E-state index in [-0.39, 0.29) is 13.0 Å². The average molecular weight is 159 g/mol. The second-order valence-electron chi connectivity index (χ2n) is 1.63. The first-order chi connectivity index (χ1) is 5.18. The Morgan fingerprint density at radius 1 is 1.45 bits per heavy atom. The number of hydrogen-bond donors (Lipinski definition) is 3. The number of hydrogen-bond acceptors (Lipinski definition) is 4. The van der Waals surface area contributed by atoms with Crippen molar-refractivity contribution in [3.63, 3.8) is 0 Å². The fourth-order valence-electron chi connectivity index (χ4n) is 0.188. The molecule has 0 aromatic carbocycles. The fraction of sp³-hybridized carbons (Fsp3) is 0.667. The van der Waals surface area contributed by atoms with Crippen LogP contribution in [-0.4, -0.2) is 24.2 Å². The highest BCUT2D eigenvalue weighted by molar-refractivity contribution is 5.66. The molecule has 0 heterocycles. The first-order valence-electron chi connectivity index (χ1n) is 3.17. The zero-order valence-corrected chi connectivity index (χ0v) is 6.29. The van der Waals surface area contributed by atoms with Crippen LogP contribution in [-0.2, 0) is 4.79 Å². The van der Waals surface area contributed by atoms with Gasteiger partial charge in [0, 0.05) is 19.5 Å². The predicted molar refractivity (Wildman–Crippen MR) is 40.6 cm³/mol. The highest BCUT2D eigenvalue weighted by atomic mass is 16.4. The number of aliphatic carboxylic acids is 1. The third-order valence-corrected chi connectivity index (χ3v) is 0.614. The number of nitriles is 1. The zero-order valence-electron chi connectivity index (χ0n) is 6.29. The van der Waals surface area contributed by atoms with Crippen molar-refractivity contribution in [2.45, 2.75) is 12.8 Å². The first kappa shape index (κ1) is 12.5. The lowest BCUT2D eigenvalue weighted by Crippen LogP contribution is -2.05. The number of nitrogens with two attached hydrogens (primary N) is 2. The molecule has 0 fully saturated rings. The lowest BCUT2D eigenvalue weighted by molar-refractivity contribution is -0.136. The summed E-state index contributed by atoms with van der Waals surface area (Å²) in [6.45, 7) is 0.714. The van der Waals surface area contributed by atoms with E-state index in [4.69, 9.17) is 21.8 Å². The molecule has 5 heteroatoms. The maximum Gasteiger partial charge on any atom is 0.304 e.